The van der Waals surface area contributed by atoms with Gasteiger partial charge in [0, 0.05) is 35.3 Å². The molecule has 5 heteroatoms. The van der Waals surface area contributed by atoms with E-state index in [0.29, 0.717) is 10.6 Å². The number of hydrogen-bond donors (Lipinski definition) is 0. The molecule has 2 aromatic rings. The van der Waals surface area contributed by atoms with Gasteiger partial charge in [-0.3, -0.25) is 9.78 Å². The molecule has 0 radical (unpaired) electrons. The molecule has 1 atom stereocenters. The molecule has 102 valence electrons. The minimum absolute atomic E-state index is 0.0271. The maximum absolute atomic E-state index is 12.6. The molecule has 3 nitrogen and oxygen atoms in total. The monoisotopic (exact) mass is 304 g/mol. The lowest BCUT2D eigenvalue weighted by Crippen LogP contribution is -2.30. The Morgan fingerprint density at radius 1 is 1.30 bits per heavy atom. The van der Waals surface area contributed by atoms with Crippen molar-refractivity contribution in [3.8, 4) is 0 Å². The number of aromatic nitrogens is 1. The molecule has 1 aliphatic rings. The second-order valence-electron chi connectivity index (χ2n) is 4.51. The molecule has 1 aromatic heterocycles. The lowest BCUT2D eigenvalue weighted by Gasteiger charge is -2.24. The van der Waals surface area contributed by atoms with Crippen molar-refractivity contribution in [2.45, 2.75) is 5.37 Å². The Bertz CT molecular complexity index is 620. The summed E-state index contributed by atoms with van der Waals surface area (Å²) in [5.41, 5.74) is 1.75. The van der Waals surface area contributed by atoms with Crippen LogP contribution in [0.1, 0.15) is 21.3 Å². The summed E-state index contributed by atoms with van der Waals surface area (Å²) in [6.45, 7) is 0.753. The van der Waals surface area contributed by atoms with Crippen LogP contribution in [0, 0.1) is 0 Å². The van der Waals surface area contributed by atoms with Crippen molar-refractivity contribution in [3.63, 3.8) is 0 Å². The molecular weight excluding hydrogens is 292 g/mol. The van der Waals surface area contributed by atoms with E-state index in [-0.39, 0.29) is 11.3 Å². The summed E-state index contributed by atoms with van der Waals surface area (Å²) in [7, 11) is 0. The number of pyridine rings is 1. The minimum atomic E-state index is 0.0271. The average molecular weight is 305 g/mol. The average Bonchev–Trinajstić information content (AvgIpc) is 2.97. The summed E-state index contributed by atoms with van der Waals surface area (Å²) in [5, 5.41) is 0.646. The number of nitrogens with zero attached hydrogens (tertiary/aromatic N) is 2. The highest BCUT2D eigenvalue weighted by Gasteiger charge is 2.31. The standard InChI is InChI=1S/C15H13ClN2OS/c16-13-3-1-2-12(10-13)14(19)18-8-9-20-15(18)11-4-6-17-7-5-11/h1-7,10,15H,8-9H2. The summed E-state index contributed by atoms with van der Waals surface area (Å²) in [5.74, 6) is 0.971. The van der Waals surface area contributed by atoms with Crippen molar-refractivity contribution < 1.29 is 4.79 Å². The molecule has 1 saturated heterocycles. The largest absolute Gasteiger partial charge is 0.322 e. The second-order valence-corrected chi connectivity index (χ2v) is 6.14. The third-order valence-electron chi connectivity index (χ3n) is 3.21. The predicted molar refractivity (Wildman–Crippen MR) is 81.9 cm³/mol. The van der Waals surface area contributed by atoms with Crippen molar-refractivity contribution in [2.75, 3.05) is 12.3 Å². The van der Waals surface area contributed by atoms with Crippen molar-refractivity contribution in [2.24, 2.45) is 0 Å². The molecule has 0 saturated carbocycles. The maximum Gasteiger partial charge on any atom is 0.255 e. The SMILES string of the molecule is O=C(c1cccc(Cl)c1)N1CCSC1c1ccncc1. The first-order chi connectivity index (χ1) is 9.75. The third-order valence-corrected chi connectivity index (χ3v) is 4.71. The Morgan fingerprint density at radius 3 is 2.85 bits per heavy atom. The fraction of sp³-hybridized carbons (Fsp3) is 0.200. The fourth-order valence-electron chi connectivity index (χ4n) is 2.27. The number of hydrogen-bond acceptors (Lipinski definition) is 3. The Hall–Kier alpha value is -1.52. The normalized spacial score (nSPS) is 18.2. The van der Waals surface area contributed by atoms with Gasteiger partial charge < -0.3 is 4.90 Å². The maximum atomic E-state index is 12.6. The highest BCUT2D eigenvalue weighted by Crippen LogP contribution is 2.38. The smallest absolute Gasteiger partial charge is 0.255 e. The summed E-state index contributed by atoms with van der Waals surface area (Å²) < 4.78 is 0. The molecule has 0 spiro atoms. The molecular formula is C15H13ClN2OS. The van der Waals surface area contributed by atoms with Crippen LogP contribution in [0.4, 0.5) is 0 Å². The van der Waals surface area contributed by atoms with Gasteiger partial charge in [0.05, 0.1) is 0 Å². The highest BCUT2D eigenvalue weighted by molar-refractivity contribution is 7.99. The van der Waals surface area contributed by atoms with Crippen molar-refractivity contribution in [1.29, 1.82) is 0 Å². The molecule has 0 N–H and O–H groups in total. The zero-order valence-corrected chi connectivity index (χ0v) is 12.3. The number of carbonyl (C=O) groups excluding carboxylic acids is 1. The Labute approximate surface area is 127 Å². The summed E-state index contributed by atoms with van der Waals surface area (Å²) in [6, 6.07) is 11.0. The lowest BCUT2D eigenvalue weighted by molar-refractivity contribution is 0.0760. The predicted octanol–water partition coefficient (Wildman–Crippen LogP) is 3.62. The molecule has 1 unspecified atom stereocenters. The number of carbonyl (C=O) groups is 1. The van der Waals surface area contributed by atoms with E-state index in [0.717, 1.165) is 17.9 Å². The molecule has 0 bridgehead atoms. The molecule has 3 rings (SSSR count). The van der Waals surface area contributed by atoms with Crippen LogP contribution in [0.2, 0.25) is 5.02 Å². The third kappa shape index (κ3) is 2.67. The summed E-state index contributed by atoms with van der Waals surface area (Å²) >= 11 is 7.74. The summed E-state index contributed by atoms with van der Waals surface area (Å²) in [6.07, 6.45) is 3.52. The van der Waals surface area contributed by atoms with Gasteiger partial charge in [0.1, 0.15) is 5.37 Å². The van der Waals surface area contributed by atoms with Gasteiger partial charge in [-0.1, -0.05) is 17.7 Å². The van der Waals surface area contributed by atoms with Gasteiger partial charge in [-0.25, -0.2) is 0 Å². The number of halogens is 1. The van der Waals surface area contributed by atoms with E-state index in [1.165, 1.54) is 0 Å². The van der Waals surface area contributed by atoms with Crippen molar-refractivity contribution >= 4 is 29.3 Å². The highest BCUT2D eigenvalue weighted by atomic mass is 35.5. The van der Waals surface area contributed by atoms with E-state index in [1.807, 2.05) is 17.0 Å². The van der Waals surface area contributed by atoms with Gasteiger partial charge >= 0.3 is 0 Å². The van der Waals surface area contributed by atoms with Crippen LogP contribution in [-0.2, 0) is 0 Å². The Kier molecular flexibility index (Phi) is 3.94. The van der Waals surface area contributed by atoms with Gasteiger partial charge in [-0.15, -0.1) is 11.8 Å². The first-order valence-corrected chi connectivity index (χ1v) is 7.76. The van der Waals surface area contributed by atoms with Crippen LogP contribution in [0.15, 0.2) is 48.8 Å². The van der Waals surface area contributed by atoms with Crippen LogP contribution in [0.3, 0.4) is 0 Å². The second kappa shape index (κ2) is 5.85. The van der Waals surface area contributed by atoms with Crippen LogP contribution in [0.5, 0.6) is 0 Å². The lowest BCUT2D eigenvalue weighted by atomic mass is 10.1. The number of benzene rings is 1. The van der Waals surface area contributed by atoms with Crippen LogP contribution in [0.25, 0.3) is 0 Å². The van der Waals surface area contributed by atoms with Crippen molar-refractivity contribution in [1.82, 2.24) is 9.88 Å². The van der Waals surface area contributed by atoms with Gasteiger partial charge in [0.15, 0.2) is 0 Å². The zero-order valence-electron chi connectivity index (χ0n) is 10.7. The number of amides is 1. The van der Waals surface area contributed by atoms with Crippen LogP contribution >= 0.6 is 23.4 Å². The van der Waals surface area contributed by atoms with E-state index in [2.05, 4.69) is 4.98 Å². The topological polar surface area (TPSA) is 33.2 Å². The molecule has 1 fully saturated rings. The zero-order chi connectivity index (χ0) is 13.9. The molecule has 1 amide bonds. The van der Waals surface area contributed by atoms with E-state index in [9.17, 15) is 4.79 Å². The van der Waals surface area contributed by atoms with Crippen LogP contribution in [-0.4, -0.2) is 28.1 Å². The first kappa shape index (κ1) is 13.5. The van der Waals surface area contributed by atoms with Crippen molar-refractivity contribution in [3.05, 3.63) is 64.9 Å². The molecule has 1 aliphatic heterocycles. The van der Waals surface area contributed by atoms with E-state index < -0.39 is 0 Å². The van der Waals surface area contributed by atoms with Crippen LogP contribution < -0.4 is 0 Å². The van der Waals surface area contributed by atoms with E-state index >= 15 is 0 Å². The van der Waals surface area contributed by atoms with Gasteiger partial charge in [0.2, 0.25) is 0 Å². The molecule has 1 aromatic carbocycles. The van der Waals surface area contributed by atoms with E-state index in [1.54, 1.807) is 48.4 Å². The van der Waals surface area contributed by atoms with Gasteiger partial charge in [0.25, 0.3) is 5.91 Å². The molecule has 0 aliphatic carbocycles. The summed E-state index contributed by atoms with van der Waals surface area (Å²) in [4.78, 5) is 18.5. The first-order valence-electron chi connectivity index (χ1n) is 6.34. The van der Waals surface area contributed by atoms with E-state index in [4.69, 9.17) is 11.6 Å². The number of rotatable bonds is 2. The molecule has 20 heavy (non-hydrogen) atoms. The van der Waals surface area contributed by atoms with Gasteiger partial charge in [-0.05, 0) is 35.9 Å². The Morgan fingerprint density at radius 2 is 2.10 bits per heavy atom. The fourth-order valence-corrected chi connectivity index (χ4v) is 3.72. The van der Waals surface area contributed by atoms with Gasteiger partial charge in [-0.2, -0.15) is 0 Å². The Balaban J connectivity index is 1.87. The molecule has 2 heterocycles. The minimum Gasteiger partial charge on any atom is -0.322 e. The number of thioether (sulfide) groups is 1. The quantitative estimate of drug-likeness (QED) is 0.849.